The van der Waals surface area contributed by atoms with Gasteiger partial charge in [0.1, 0.15) is 17.7 Å². The minimum atomic E-state index is -4.77. The van der Waals surface area contributed by atoms with Crippen LogP contribution in [0.5, 0.6) is 0 Å². The number of fused-ring (bicyclic) bond motifs is 1. The second-order valence-electron chi connectivity index (χ2n) is 6.13. The highest BCUT2D eigenvalue weighted by molar-refractivity contribution is 5.76. The first kappa shape index (κ1) is 18.9. The van der Waals surface area contributed by atoms with Crippen LogP contribution in [0.3, 0.4) is 0 Å². The highest BCUT2D eigenvalue weighted by atomic mass is 19.4. The first-order valence-corrected chi connectivity index (χ1v) is 8.18. The van der Waals surface area contributed by atoms with Crippen LogP contribution in [0.25, 0.3) is 28.2 Å². The Hall–Kier alpha value is -3.43. The summed E-state index contributed by atoms with van der Waals surface area (Å²) in [5.41, 5.74) is -1.99. The maximum atomic E-state index is 13.6. The zero-order chi connectivity index (χ0) is 20.8. The number of aromatic nitrogens is 4. The van der Waals surface area contributed by atoms with Gasteiger partial charge in [-0.25, -0.2) is 9.97 Å². The van der Waals surface area contributed by atoms with Gasteiger partial charge in [-0.1, -0.05) is 12.1 Å². The standard InChI is InChI=1S/C19H10F6N4/c20-18(21,22)13-5-1-3-11(7-13)14-8-15(19(23,24)25)29-10-27-16(17(29)28-14)12-4-2-6-26-9-12/h1-10H. The van der Waals surface area contributed by atoms with Gasteiger partial charge >= 0.3 is 12.4 Å². The normalized spacial score (nSPS) is 12.5. The van der Waals surface area contributed by atoms with Gasteiger partial charge in [-0.2, -0.15) is 26.3 Å². The largest absolute Gasteiger partial charge is 0.431 e. The van der Waals surface area contributed by atoms with Crippen LogP contribution in [0.15, 0.2) is 61.2 Å². The van der Waals surface area contributed by atoms with E-state index in [2.05, 4.69) is 15.0 Å². The summed E-state index contributed by atoms with van der Waals surface area (Å²) in [6.07, 6.45) is -5.53. The van der Waals surface area contributed by atoms with Crippen molar-refractivity contribution in [1.82, 2.24) is 19.4 Å². The van der Waals surface area contributed by atoms with E-state index in [1.807, 2.05) is 0 Å². The lowest BCUT2D eigenvalue weighted by Crippen LogP contribution is -2.12. The Morgan fingerprint density at radius 2 is 1.59 bits per heavy atom. The van der Waals surface area contributed by atoms with E-state index in [9.17, 15) is 26.3 Å². The number of hydrogen-bond donors (Lipinski definition) is 0. The number of hydrogen-bond acceptors (Lipinski definition) is 3. The molecule has 0 fully saturated rings. The van der Waals surface area contributed by atoms with Crippen LogP contribution in [0.4, 0.5) is 26.3 Å². The summed E-state index contributed by atoms with van der Waals surface area (Å²) >= 11 is 0. The molecule has 0 radical (unpaired) electrons. The van der Waals surface area contributed by atoms with E-state index in [-0.39, 0.29) is 22.6 Å². The van der Waals surface area contributed by atoms with E-state index >= 15 is 0 Å². The first-order valence-electron chi connectivity index (χ1n) is 8.18. The van der Waals surface area contributed by atoms with E-state index in [1.54, 1.807) is 12.1 Å². The molecule has 0 saturated carbocycles. The lowest BCUT2D eigenvalue weighted by molar-refractivity contribution is -0.142. The topological polar surface area (TPSA) is 43.1 Å². The SMILES string of the molecule is FC(F)(F)c1cccc(-c2cc(C(F)(F)F)n3cnc(-c4cccnc4)c3n2)c1. The van der Waals surface area contributed by atoms with Crippen molar-refractivity contribution < 1.29 is 26.3 Å². The molecule has 0 aliphatic rings. The van der Waals surface area contributed by atoms with Crippen molar-refractivity contribution in [2.75, 3.05) is 0 Å². The number of halogens is 6. The smallest absolute Gasteiger partial charge is 0.278 e. The zero-order valence-electron chi connectivity index (χ0n) is 14.3. The molecule has 4 nitrogen and oxygen atoms in total. The van der Waals surface area contributed by atoms with Gasteiger partial charge < -0.3 is 0 Å². The number of rotatable bonds is 2. The van der Waals surface area contributed by atoms with Gasteiger partial charge in [0.25, 0.3) is 0 Å². The Balaban J connectivity index is 1.99. The predicted octanol–water partition coefficient (Wildman–Crippen LogP) is 5.50. The van der Waals surface area contributed by atoms with Crippen LogP contribution < -0.4 is 0 Å². The highest BCUT2D eigenvalue weighted by Gasteiger charge is 2.35. The molecular weight excluding hydrogens is 398 g/mol. The predicted molar refractivity (Wildman–Crippen MR) is 91.7 cm³/mol. The third-order valence-electron chi connectivity index (χ3n) is 4.21. The summed E-state index contributed by atoms with van der Waals surface area (Å²) in [6.45, 7) is 0. The fourth-order valence-electron chi connectivity index (χ4n) is 2.90. The molecule has 0 N–H and O–H groups in total. The molecule has 0 bridgehead atoms. The molecular formula is C19H10F6N4. The number of imidazole rings is 1. The second kappa shape index (κ2) is 6.57. The summed E-state index contributed by atoms with van der Waals surface area (Å²) in [7, 11) is 0. The van der Waals surface area contributed by atoms with Crippen LogP contribution >= 0.6 is 0 Å². The fraction of sp³-hybridized carbons (Fsp3) is 0.105. The van der Waals surface area contributed by atoms with Crippen molar-refractivity contribution in [3.8, 4) is 22.5 Å². The van der Waals surface area contributed by atoms with Gasteiger partial charge in [-0.3, -0.25) is 9.38 Å². The van der Waals surface area contributed by atoms with Gasteiger partial charge in [0, 0.05) is 23.5 Å². The fourth-order valence-corrected chi connectivity index (χ4v) is 2.90. The molecule has 0 unspecified atom stereocenters. The molecule has 0 aliphatic carbocycles. The molecule has 0 amide bonds. The molecule has 0 aliphatic heterocycles. The third-order valence-corrected chi connectivity index (χ3v) is 4.21. The van der Waals surface area contributed by atoms with Gasteiger partial charge in [0.15, 0.2) is 5.65 Å². The van der Waals surface area contributed by atoms with Crippen LogP contribution in [-0.2, 0) is 12.4 Å². The van der Waals surface area contributed by atoms with Crippen molar-refractivity contribution in [2.45, 2.75) is 12.4 Å². The Morgan fingerprint density at radius 1 is 0.828 bits per heavy atom. The summed E-state index contributed by atoms with van der Waals surface area (Å²) in [6, 6.07) is 7.88. The van der Waals surface area contributed by atoms with E-state index in [1.165, 1.54) is 18.5 Å². The zero-order valence-corrected chi connectivity index (χ0v) is 14.3. The van der Waals surface area contributed by atoms with Crippen LogP contribution in [0, 0.1) is 0 Å². The molecule has 3 heterocycles. The quantitative estimate of drug-likeness (QED) is 0.412. The second-order valence-corrected chi connectivity index (χ2v) is 6.13. The maximum absolute atomic E-state index is 13.6. The van der Waals surface area contributed by atoms with E-state index in [0.717, 1.165) is 28.9 Å². The molecule has 1 aromatic carbocycles. The average Bonchev–Trinajstić information content (AvgIpc) is 3.10. The number of alkyl halides is 6. The number of benzene rings is 1. The van der Waals surface area contributed by atoms with E-state index in [4.69, 9.17) is 0 Å². The Labute approximate surface area is 159 Å². The van der Waals surface area contributed by atoms with Crippen LogP contribution in [0.2, 0.25) is 0 Å². The summed E-state index contributed by atoms with van der Waals surface area (Å²) in [4.78, 5) is 12.1. The summed E-state index contributed by atoms with van der Waals surface area (Å²) in [5, 5.41) is 0. The highest BCUT2D eigenvalue weighted by Crippen LogP contribution is 2.36. The summed E-state index contributed by atoms with van der Waals surface area (Å²) < 4.78 is 80.7. The van der Waals surface area contributed by atoms with Crippen LogP contribution in [-0.4, -0.2) is 19.4 Å². The lowest BCUT2D eigenvalue weighted by atomic mass is 10.1. The van der Waals surface area contributed by atoms with Gasteiger partial charge in [0.05, 0.1) is 11.3 Å². The molecule has 4 rings (SSSR count). The minimum absolute atomic E-state index is 0.0915. The van der Waals surface area contributed by atoms with Crippen molar-refractivity contribution in [3.05, 3.63) is 72.4 Å². The van der Waals surface area contributed by atoms with E-state index < -0.39 is 23.6 Å². The molecule has 0 spiro atoms. The van der Waals surface area contributed by atoms with Crippen LogP contribution in [0.1, 0.15) is 11.3 Å². The molecule has 10 heteroatoms. The minimum Gasteiger partial charge on any atom is -0.278 e. The van der Waals surface area contributed by atoms with Gasteiger partial charge in [0.2, 0.25) is 0 Å². The van der Waals surface area contributed by atoms with Crippen molar-refractivity contribution >= 4 is 5.65 Å². The Kier molecular flexibility index (Phi) is 4.29. The van der Waals surface area contributed by atoms with E-state index in [0.29, 0.717) is 11.6 Å². The molecule has 148 valence electrons. The maximum Gasteiger partial charge on any atom is 0.431 e. The average molecular weight is 408 g/mol. The molecule has 0 atom stereocenters. The molecule has 0 saturated heterocycles. The number of pyridine rings is 1. The Bertz CT molecular complexity index is 1180. The first-order chi connectivity index (χ1) is 13.6. The van der Waals surface area contributed by atoms with Gasteiger partial charge in [-0.15, -0.1) is 0 Å². The lowest BCUT2D eigenvalue weighted by Gasteiger charge is -2.13. The van der Waals surface area contributed by atoms with Crippen molar-refractivity contribution in [2.24, 2.45) is 0 Å². The molecule has 29 heavy (non-hydrogen) atoms. The molecule has 4 aromatic rings. The number of nitrogens with zero attached hydrogens (tertiary/aromatic N) is 4. The summed E-state index contributed by atoms with van der Waals surface area (Å²) in [5.74, 6) is 0. The van der Waals surface area contributed by atoms with Crippen molar-refractivity contribution in [3.63, 3.8) is 0 Å². The Morgan fingerprint density at radius 3 is 2.24 bits per heavy atom. The molecule has 3 aromatic heterocycles. The van der Waals surface area contributed by atoms with Crippen molar-refractivity contribution in [1.29, 1.82) is 0 Å². The van der Waals surface area contributed by atoms with Gasteiger partial charge in [-0.05, 0) is 30.3 Å². The monoisotopic (exact) mass is 408 g/mol. The third kappa shape index (κ3) is 3.53.